The fourth-order valence-electron chi connectivity index (χ4n) is 3.17. The lowest BCUT2D eigenvalue weighted by atomic mass is 10.0. The fraction of sp³-hybridized carbons (Fsp3) is 0.909. The highest BCUT2D eigenvalue weighted by Gasteiger charge is 2.39. The van der Waals surface area contributed by atoms with Gasteiger partial charge in [-0.1, -0.05) is 13.3 Å². The van der Waals surface area contributed by atoms with Crippen LogP contribution in [-0.2, 0) is 4.79 Å². The van der Waals surface area contributed by atoms with Gasteiger partial charge in [-0.05, 0) is 31.1 Å². The van der Waals surface area contributed by atoms with Crippen molar-refractivity contribution < 1.29 is 4.79 Å². The summed E-state index contributed by atoms with van der Waals surface area (Å²) in [7, 11) is 0. The first kappa shape index (κ1) is 9.97. The number of nitrogens with two attached hydrogens (primary N) is 1. The number of carbonyl (C=O) groups is 1. The molecule has 0 bridgehead atoms. The second kappa shape index (κ2) is 3.89. The molecule has 0 radical (unpaired) electrons. The maximum atomic E-state index is 11.2. The van der Waals surface area contributed by atoms with Crippen LogP contribution in [0, 0.1) is 11.8 Å². The van der Waals surface area contributed by atoms with Crippen LogP contribution in [0.3, 0.4) is 0 Å². The van der Waals surface area contributed by atoms with Crippen molar-refractivity contribution >= 4 is 5.91 Å². The van der Waals surface area contributed by atoms with Crippen LogP contribution in [0.2, 0.25) is 0 Å². The van der Waals surface area contributed by atoms with Crippen molar-refractivity contribution in [3.8, 4) is 0 Å². The van der Waals surface area contributed by atoms with E-state index >= 15 is 0 Å². The van der Waals surface area contributed by atoms with Crippen LogP contribution in [-0.4, -0.2) is 29.9 Å². The fourth-order valence-corrected chi connectivity index (χ4v) is 3.17. The Morgan fingerprint density at radius 1 is 1.43 bits per heavy atom. The molecule has 1 saturated carbocycles. The van der Waals surface area contributed by atoms with Gasteiger partial charge in [0.1, 0.15) is 0 Å². The topological polar surface area (TPSA) is 46.3 Å². The van der Waals surface area contributed by atoms with Gasteiger partial charge in [-0.2, -0.15) is 0 Å². The third-order valence-corrected chi connectivity index (χ3v) is 3.91. The van der Waals surface area contributed by atoms with E-state index in [0.717, 1.165) is 31.3 Å². The van der Waals surface area contributed by atoms with Crippen LogP contribution in [0.1, 0.15) is 32.6 Å². The molecule has 1 aliphatic carbocycles. The highest BCUT2D eigenvalue weighted by atomic mass is 16.1. The number of primary amides is 1. The zero-order valence-corrected chi connectivity index (χ0v) is 8.91. The second-order valence-corrected chi connectivity index (χ2v) is 4.73. The monoisotopic (exact) mass is 196 g/mol. The Morgan fingerprint density at radius 3 is 2.43 bits per heavy atom. The molecule has 1 aliphatic heterocycles. The largest absolute Gasteiger partial charge is 0.368 e. The number of hydrogen-bond acceptors (Lipinski definition) is 2. The molecular weight excluding hydrogens is 176 g/mol. The minimum atomic E-state index is -0.146. The van der Waals surface area contributed by atoms with Gasteiger partial charge in [0.25, 0.3) is 0 Å². The molecule has 1 amide bonds. The molecule has 2 aliphatic rings. The number of hydrogen-bond donors (Lipinski definition) is 1. The van der Waals surface area contributed by atoms with Crippen molar-refractivity contribution in [3.05, 3.63) is 0 Å². The summed E-state index contributed by atoms with van der Waals surface area (Å²) in [5.74, 6) is 1.55. The Morgan fingerprint density at radius 2 is 2.00 bits per heavy atom. The first-order chi connectivity index (χ1) is 6.72. The first-order valence-corrected chi connectivity index (χ1v) is 5.75. The number of likely N-dealkylation sites (tertiary alicyclic amines) is 1. The third-order valence-electron chi connectivity index (χ3n) is 3.91. The summed E-state index contributed by atoms with van der Waals surface area (Å²) in [4.78, 5) is 13.5. The summed E-state index contributed by atoms with van der Waals surface area (Å²) in [6, 6.07) is -0.0133. The average molecular weight is 196 g/mol. The molecule has 3 nitrogen and oxygen atoms in total. The molecule has 2 rings (SSSR count). The maximum Gasteiger partial charge on any atom is 0.234 e. The van der Waals surface area contributed by atoms with Gasteiger partial charge in [0.2, 0.25) is 5.91 Å². The van der Waals surface area contributed by atoms with Gasteiger partial charge in [-0.15, -0.1) is 0 Å². The zero-order chi connectivity index (χ0) is 10.1. The summed E-state index contributed by atoms with van der Waals surface area (Å²) < 4.78 is 0. The standard InChI is InChI=1S/C11H20N2O/c1-2-10(11(12)14)13-6-8-4-3-5-9(8)7-13/h8-10H,2-7H2,1H3,(H2,12,14). The van der Waals surface area contributed by atoms with Crippen LogP contribution in [0.4, 0.5) is 0 Å². The summed E-state index contributed by atoms with van der Waals surface area (Å²) in [5.41, 5.74) is 5.40. The minimum absolute atomic E-state index is 0.0133. The van der Waals surface area contributed by atoms with Crippen molar-refractivity contribution in [1.29, 1.82) is 0 Å². The lowest BCUT2D eigenvalue weighted by Crippen LogP contribution is -2.43. The quantitative estimate of drug-likeness (QED) is 0.731. The maximum absolute atomic E-state index is 11.2. The lowest BCUT2D eigenvalue weighted by Gasteiger charge is -2.24. The molecule has 3 atom stereocenters. The normalized spacial score (nSPS) is 34.4. The molecule has 3 heteroatoms. The minimum Gasteiger partial charge on any atom is -0.368 e. The Hall–Kier alpha value is -0.570. The Labute approximate surface area is 85.6 Å². The summed E-state index contributed by atoms with van der Waals surface area (Å²) >= 11 is 0. The molecule has 0 aromatic rings. The highest BCUT2D eigenvalue weighted by molar-refractivity contribution is 5.79. The Kier molecular flexibility index (Phi) is 2.77. The van der Waals surface area contributed by atoms with Gasteiger partial charge < -0.3 is 5.73 Å². The second-order valence-electron chi connectivity index (χ2n) is 4.73. The summed E-state index contributed by atoms with van der Waals surface area (Å²) in [6.07, 6.45) is 4.96. The van der Waals surface area contributed by atoms with E-state index in [9.17, 15) is 4.79 Å². The van der Waals surface area contributed by atoms with Crippen LogP contribution < -0.4 is 5.73 Å². The third kappa shape index (κ3) is 1.65. The van der Waals surface area contributed by atoms with E-state index in [2.05, 4.69) is 4.90 Å². The zero-order valence-electron chi connectivity index (χ0n) is 8.91. The molecule has 2 N–H and O–H groups in total. The number of fused-ring (bicyclic) bond motifs is 1. The van der Waals surface area contributed by atoms with Gasteiger partial charge in [-0.3, -0.25) is 9.69 Å². The molecule has 14 heavy (non-hydrogen) atoms. The molecule has 2 fully saturated rings. The molecule has 0 aromatic heterocycles. The van der Waals surface area contributed by atoms with Crippen LogP contribution in [0.25, 0.3) is 0 Å². The molecule has 0 aromatic carbocycles. The smallest absolute Gasteiger partial charge is 0.234 e. The first-order valence-electron chi connectivity index (χ1n) is 5.75. The molecular formula is C11H20N2O. The van der Waals surface area contributed by atoms with Crippen LogP contribution >= 0.6 is 0 Å². The van der Waals surface area contributed by atoms with Crippen LogP contribution in [0.15, 0.2) is 0 Å². The Balaban J connectivity index is 1.97. The van der Waals surface area contributed by atoms with Crippen molar-refractivity contribution in [2.75, 3.05) is 13.1 Å². The average Bonchev–Trinajstić information content (AvgIpc) is 2.63. The van der Waals surface area contributed by atoms with Gasteiger partial charge in [0.15, 0.2) is 0 Å². The van der Waals surface area contributed by atoms with E-state index < -0.39 is 0 Å². The lowest BCUT2D eigenvalue weighted by molar-refractivity contribution is -0.123. The Bertz CT molecular complexity index is 217. The van der Waals surface area contributed by atoms with E-state index in [1.807, 2.05) is 6.92 Å². The SMILES string of the molecule is CCC(C(N)=O)N1CC2CCCC2C1. The number of amides is 1. The van der Waals surface area contributed by atoms with E-state index in [1.54, 1.807) is 0 Å². The van der Waals surface area contributed by atoms with Gasteiger partial charge >= 0.3 is 0 Å². The van der Waals surface area contributed by atoms with Gasteiger partial charge in [0.05, 0.1) is 6.04 Å². The van der Waals surface area contributed by atoms with Crippen molar-refractivity contribution in [2.45, 2.75) is 38.6 Å². The van der Waals surface area contributed by atoms with E-state index in [1.165, 1.54) is 19.3 Å². The van der Waals surface area contributed by atoms with Crippen molar-refractivity contribution in [3.63, 3.8) is 0 Å². The number of nitrogens with zero attached hydrogens (tertiary/aromatic N) is 1. The van der Waals surface area contributed by atoms with Gasteiger partial charge in [-0.25, -0.2) is 0 Å². The number of carbonyl (C=O) groups excluding carboxylic acids is 1. The molecule has 1 saturated heterocycles. The molecule has 0 spiro atoms. The predicted octanol–water partition coefficient (Wildman–Crippen LogP) is 0.982. The van der Waals surface area contributed by atoms with Gasteiger partial charge in [0, 0.05) is 13.1 Å². The van der Waals surface area contributed by atoms with E-state index in [4.69, 9.17) is 5.73 Å². The van der Waals surface area contributed by atoms with E-state index in [0.29, 0.717) is 0 Å². The summed E-state index contributed by atoms with van der Waals surface area (Å²) in [6.45, 7) is 4.25. The van der Waals surface area contributed by atoms with Crippen molar-refractivity contribution in [1.82, 2.24) is 4.90 Å². The molecule has 80 valence electrons. The number of rotatable bonds is 3. The van der Waals surface area contributed by atoms with Crippen molar-refractivity contribution in [2.24, 2.45) is 17.6 Å². The summed E-state index contributed by atoms with van der Waals surface area (Å²) in [5, 5.41) is 0. The molecule has 3 unspecified atom stereocenters. The van der Waals surface area contributed by atoms with Crippen LogP contribution in [0.5, 0.6) is 0 Å². The predicted molar refractivity (Wildman–Crippen MR) is 55.7 cm³/mol. The molecule has 1 heterocycles. The van der Waals surface area contributed by atoms with E-state index in [-0.39, 0.29) is 11.9 Å². The highest BCUT2D eigenvalue weighted by Crippen LogP contribution is 2.38.